The van der Waals surface area contributed by atoms with Crippen molar-refractivity contribution in [2.24, 2.45) is 13.0 Å². The van der Waals surface area contributed by atoms with Crippen LogP contribution in [0.1, 0.15) is 37.9 Å². The minimum Gasteiger partial charge on any atom is -0.309 e. The van der Waals surface area contributed by atoms with Crippen LogP contribution in [0.4, 0.5) is 5.69 Å². The summed E-state index contributed by atoms with van der Waals surface area (Å²) in [4.78, 5) is 10.2. The van der Waals surface area contributed by atoms with Crippen molar-refractivity contribution in [2.45, 2.75) is 49.6 Å². The average molecular weight is 336 g/mol. The molecule has 23 heavy (non-hydrogen) atoms. The Bertz CT molecular complexity index is 677. The summed E-state index contributed by atoms with van der Waals surface area (Å²) in [7, 11) is 1.98. The fraction of sp³-hybridized carbons (Fsp3) is 0.643. The highest BCUT2D eigenvalue weighted by Crippen LogP contribution is 2.27. The number of hydrogen-bond acceptors (Lipinski definition) is 6. The highest BCUT2D eigenvalue weighted by atomic mass is 32.2. The van der Waals surface area contributed by atoms with Gasteiger partial charge in [0.2, 0.25) is 0 Å². The summed E-state index contributed by atoms with van der Waals surface area (Å²) < 4.78 is 3.56. The number of hydrogen-bond donors (Lipinski definition) is 0. The van der Waals surface area contributed by atoms with Crippen LogP contribution in [-0.4, -0.2) is 29.5 Å². The zero-order chi connectivity index (χ0) is 16.2. The predicted molar refractivity (Wildman–Crippen MR) is 86.0 cm³/mol. The molecule has 8 nitrogen and oxygen atoms in total. The van der Waals surface area contributed by atoms with Crippen LogP contribution < -0.4 is 0 Å². The van der Waals surface area contributed by atoms with Crippen molar-refractivity contribution in [3.8, 4) is 0 Å². The van der Waals surface area contributed by atoms with Crippen LogP contribution in [0.25, 0.3) is 0 Å². The quantitative estimate of drug-likeness (QED) is 0.457. The first-order valence-electron chi connectivity index (χ1n) is 7.81. The molecule has 0 amide bonds. The Morgan fingerprint density at radius 2 is 2.13 bits per heavy atom. The maximum Gasteiger partial charge on any atom is 0.307 e. The third-order valence-electron chi connectivity index (χ3n) is 4.28. The maximum absolute atomic E-state index is 10.7. The molecule has 3 rings (SSSR count). The van der Waals surface area contributed by atoms with Gasteiger partial charge in [-0.2, -0.15) is 5.10 Å². The number of thioether (sulfide) groups is 1. The lowest BCUT2D eigenvalue weighted by atomic mass is 9.87. The number of nitro groups is 1. The topological polar surface area (TPSA) is 91.7 Å². The smallest absolute Gasteiger partial charge is 0.307 e. The van der Waals surface area contributed by atoms with Gasteiger partial charge in [-0.05, 0) is 5.92 Å². The van der Waals surface area contributed by atoms with E-state index in [1.807, 2.05) is 11.6 Å². The fourth-order valence-electron chi connectivity index (χ4n) is 2.94. The Balaban J connectivity index is 1.58. The van der Waals surface area contributed by atoms with Gasteiger partial charge in [0.05, 0.1) is 10.8 Å². The summed E-state index contributed by atoms with van der Waals surface area (Å²) in [6, 6.07) is 0. The van der Waals surface area contributed by atoms with E-state index in [1.165, 1.54) is 60.9 Å². The number of rotatable bonds is 6. The molecule has 124 valence electrons. The molecule has 2 aromatic heterocycles. The van der Waals surface area contributed by atoms with E-state index >= 15 is 0 Å². The van der Waals surface area contributed by atoms with Gasteiger partial charge in [0.15, 0.2) is 5.16 Å². The molecule has 1 saturated carbocycles. The van der Waals surface area contributed by atoms with Crippen LogP contribution in [-0.2, 0) is 19.3 Å². The Hall–Kier alpha value is -1.90. The summed E-state index contributed by atoms with van der Waals surface area (Å²) in [6.45, 7) is 0. The molecule has 0 spiro atoms. The summed E-state index contributed by atoms with van der Waals surface area (Å²) in [5.74, 6) is 2.22. The van der Waals surface area contributed by atoms with Crippen LogP contribution in [0.5, 0.6) is 0 Å². The van der Waals surface area contributed by atoms with Gasteiger partial charge in [0, 0.05) is 13.5 Å². The fourth-order valence-corrected chi connectivity index (χ4v) is 3.73. The van der Waals surface area contributed by atoms with E-state index in [1.54, 1.807) is 0 Å². The Kier molecular flexibility index (Phi) is 4.94. The zero-order valence-electron chi connectivity index (χ0n) is 13.1. The molecule has 0 atom stereocenters. The SMILES string of the molecule is Cn1c(CC2CCCCC2)nnc1SCn1cc([N+](=O)[O-])cn1. The lowest BCUT2D eigenvalue weighted by Gasteiger charge is -2.20. The predicted octanol–water partition coefficient (Wildman–Crippen LogP) is 2.79. The van der Waals surface area contributed by atoms with Gasteiger partial charge in [-0.1, -0.05) is 43.9 Å². The second-order valence-electron chi connectivity index (χ2n) is 5.93. The molecule has 0 bridgehead atoms. The largest absolute Gasteiger partial charge is 0.309 e. The molecular formula is C14H20N6O2S. The molecule has 9 heteroatoms. The molecule has 0 saturated heterocycles. The first-order chi connectivity index (χ1) is 11.1. The molecule has 1 fully saturated rings. The van der Waals surface area contributed by atoms with E-state index in [9.17, 15) is 10.1 Å². The van der Waals surface area contributed by atoms with Crippen LogP contribution in [0.3, 0.4) is 0 Å². The first kappa shape index (κ1) is 16.0. The molecule has 1 aliphatic rings. The summed E-state index contributed by atoms with van der Waals surface area (Å²) >= 11 is 1.48. The summed E-state index contributed by atoms with van der Waals surface area (Å²) in [5, 5.41) is 24.0. The van der Waals surface area contributed by atoms with E-state index in [-0.39, 0.29) is 5.69 Å². The molecule has 1 aliphatic carbocycles. The van der Waals surface area contributed by atoms with E-state index in [4.69, 9.17) is 0 Å². The third kappa shape index (κ3) is 3.90. The van der Waals surface area contributed by atoms with Gasteiger partial charge in [0.1, 0.15) is 18.2 Å². The average Bonchev–Trinajstić information content (AvgIpc) is 3.15. The van der Waals surface area contributed by atoms with Gasteiger partial charge >= 0.3 is 5.69 Å². The Labute approximate surface area is 138 Å². The van der Waals surface area contributed by atoms with Crippen molar-refractivity contribution >= 4 is 17.4 Å². The van der Waals surface area contributed by atoms with E-state index in [0.29, 0.717) is 5.88 Å². The molecule has 0 N–H and O–H groups in total. The summed E-state index contributed by atoms with van der Waals surface area (Å²) in [5.41, 5.74) is 0.00144. The van der Waals surface area contributed by atoms with Gasteiger partial charge in [-0.3, -0.25) is 14.8 Å². The zero-order valence-corrected chi connectivity index (χ0v) is 13.9. The van der Waals surface area contributed by atoms with Crippen molar-refractivity contribution in [2.75, 3.05) is 0 Å². The van der Waals surface area contributed by atoms with Gasteiger partial charge < -0.3 is 4.57 Å². The van der Waals surface area contributed by atoms with Crippen LogP contribution >= 0.6 is 11.8 Å². The van der Waals surface area contributed by atoms with Crippen molar-refractivity contribution < 1.29 is 4.92 Å². The van der Waals surface area contributed by atoms with E-state index in [2.05, 4.69) is 15.3 Å². The molecule has 2 heterocycles. The number of aromatic nitrogens is 5. The van der Waals surface area contributed by atoms with Gasteiger partial charge in [-0.25, -0.2) is 0 Å². The van der Waals surface area contributed by atoms with E-state index < -0.39 is 4.92 Å². The molecule has 0 aromatic carbocycles. The lowest BCUT2D eigenvalue weighted by Crippen LogP contribution is -2.12. The van der Waals surface area contributed by atoms with Crippen LogP contribution in [0.15, 0.2) is 17.6 Å². The molecule has 0 radical (unpaired) electrons. The Morgan fingerprint density at radius 3 is 2.83 bits per heavy atom. The van der Waals surface area contributed by atoms with E-state index in [0.717, 1.165) is 23.3 Å². The van der Waals surface area contributed by atoms with Crippen LogP contribution in [0.2, 0.25) is 0 Å². The van der Waals surface area contributed by atoms with Crippen molar-refractivity contribution in [3.63, 3.8) is 0 Å². The standard InChI is InChI=1S/C14H20N6O2S/c1-18-13(7-11-5-3-2-4-6-11)16-17-14(18)23-10-19-9-12(8-15-19)20(21)22/h8-9,11H,2-7,10H2,1H3. The maximum atomic E-state index is 10.7. The highest BCUT2D eigenvalue weighted by molar-refractivity contribution is 7.98. The first-order valence-corrected chi connectivity index (χ1v) is 8.80. The highest BCUT2D eigenvalue weighted by Gasteiger charge is 2.18. The second-order valence-corrected chi connectivity index (χ2v) is 6.85. The Morgan fingerprint density at radius 1 is 1.35 bits per heavy atom. The van der Waals surface area contributed by atoms with Crippen molar-refractivity contribution in [3.05, 3.63) is 28.3 Å². The second kappa shape index (κ2) is 7.12. The molecular weight excluding hydrogens is 316 g/mol. The van der Waals surface area contributed by atoms with Gasteiger partial charge in [-0.15, -0.1) is 10.2 Å². The van der Waals surface area contributed by atoms with Gasteiger partial charge in [0.25, 0.3) is 0 Å². The monoisotopic (exact) mass is 336 g/mol. The molecule has 0 aliphatic heterocycles. The molecule has 0 unspecified atom stereocenters. The van der Waals surface area contributed by atoms with Crippen molar-refractivity contribution in [1.29, 1.82) is 0 Å². The minimum absolute atomic E-state index is 0.00144. The van der Waals surface area contributed by atoms with Crippen molar-refractivity contribution in [1.82, 2.24) is 24.5 Å². The number of nitrogens with zero attached hydrogens (tertiary/aromatic N) is 6. The van der Waals surface area contributed by atoms with Crippen LogP contribution in [0, 0.1) is 16.0 Å². The third-order valence-corrected chi connectivity index (χ3v) is 5.28. The lowest BCUT2D eigenvalue weighted by molar-refractivity contribution is -0.385. The molecule has 2 aromatic rings. The normalized spacial score (nSPS) is 15.9. The minimum atomic E-state index is -0.446. The summed E-state index contributed by atoms with van der Waals surface area (Å²) in [6.07, 6.45) is 10.2.